The summed E-state index contributed by atoms with van der Waals surface area (Å²) >= 11 is 1.41. The highest BCUT2D eigenvalue weighted by Gasteiger charge is 2.34. The highest BCUT2D eigenvalue weighted by Crippen LogP contribution is 2.38. The lowest BCUT2D eigenvalue weighted by atomic mass is 9.87. The van der Waals surface area contributed by atoms with Crippen molar-refractivity contribution in [3.8, 4) is 5.75 Å². The van der Waals surface area contributed by atoms with Crippen molar-refractivity contribution in [1.82, 2.24) is 14.8 Å². The van der Waals surface area contributed by atoms with E-state index in [0.717, 1.165) is 22.6 Å². The van der Waals surface area contributed by atoms with E-state index in [0.29, 0.717) is 30.3 Å². The van der Waals surface area contributed by atoms with Gasteiger partial charge in [-0.3, -0.25) is 9.59 Å². The van der Waals surface area contributed by atoms with Crippen molar-refractivity contribution < 1.29 is 18.7 Å². The minimum Gasteiger partial charge on any atom is -0.486 e. The Morgan fingerprint density at radius 2 is 2.00 bits per heavy atom. The van der Waals surface area contributed by atoms with Gasteiger partial charge in [-0.2, -0.15) is 0 Å². The van der Waals surface area contributed by atoms with Crippen molar-refractivity contribution in [1.29, 1.82) is 0 Å². The van der Waals surface area contributed by atoms with Gasteiger partial charge in [0.15, 0.2) is 5.76 Å². The number of furan rings is 1. The number of ether oxygens (including phenoxy) is 1. The molecule has 36 heavy (non-hydrogen) atoms. The molecule has 1 aliphatic rings. The topological polar surface area (TPSA) is 75.9 Å². The van der Waals surface area contributed by atoms with Crippen LogP contribution in [0.25, 0.3) is 0 Å². The number of rotatable bonds is 7. The summed E-state index contributed by atoms with van der Waals surface area (Å²) < 4.78 is 11.5. The summed E-state index contributed by atoms with van der Waals surface area (Å²) in [6, 6.07) is 19.2. The number of carbonyl (C=O) groups excluding carboxylic acids is 2. The molecule has 8 heteroatoms. The van der Waals surface area contributed by atoms with Crippen molar-refractivity contribution in [3.05, 3.63) is 105 Å². The van der Waals surface area contributed by atoms with Gasteiger partial charge in [-0.1, -0.05) is 36.4 Å². The molecule has 7 nitrogen and oxygen atoms in total. The van der Waals surface area contributed by atoms with Gasteiger partial charge in [0.2, 0.25) is 0 Å². The van der Waals surface area contributed by atoms with Crippen LogP contribution in [-0.2, 0) is 13.0 Å². The summed E-state index contributed by atoms with van der Waals surface area (Å²) in [6.45, 7) is 3.40. The molecule has 5 rings (SSSR count). The normalized spacial score (nSPS) is 14.8. The number of fused-ring (bicyclic) bond motifs is 1. The number of amides is 2. The van der Waals surface area contributed by atoms with Crippen LogP contribution in [0.5, 0.6) is 5.75 Å². The third-order valence-corrected chi connectivity index (χ3v) is 7.23. The van der Waals surface area contributed by atoms with Crippen LogP contribution in [0.15, 0.2) is 76.7 Å². The minimum absolute atomic E-state index is 0.0965. The Kier molecular flexibility index (Phi) is 6.86. The second-order valence-electron chi connectivity index (χ2n) is 8.63. The van der Waals surface area contributed by atoms with E-state index in [4.69, 9.17) is 9.15 Å². The van der Waals surface area contributed by atoms with Crippen molar-refractivity contribution in [2.45, 2.75) is 26.0 Å². The van der Waals surface area contributed by atoms with Crippen molar-refractivity contribution in [2.75, 3.05) is 20.1 Å². The van der Waals surface area contributed by atoms with Crippen LogP contribution in [0.2, 0.25) is 0 Å². The Bertz CT molecular complexity index is 1350. The zero-order valence-electron chi connectivity index (χ0n) is 20.2. The maximum atomic E-state index is 13.3. The number of aromatic nitrogens is 1. The Balaban J connectivity index is 1.41. The Labute approximate surface area is 213 Å². The van der Waals surface area contributed by atoms with E-state index in [9.17, 15) is 9.59 Å². The molecular weight excluding hydrogens is 474 g/mol. The van der Waals surface area contributed by atoms with Gasteiger partial charge in [0.1, 0.15) is 23.1 Å². The number of carbonyl (C=O) groups is 2. The predicted octanol–water partition coefficient (Wildman–Crippen LogP) is 5.19. The van der Waals surface area contributed by atoms with E-state index >= 15 is 0 Å². The standard InChI is InChI=1S/C28H27N3O4S/c1-3-30(2)27(32)23-18-36-25(29-23)17-35-21-12-11-19-13-14-31(28(33)24-10-7-15-34-24)26(22(19)16-21)20-8-5-4-6-9-20/h4-12,15-16,18,26H,3,13-14,17H2,1-2H3/t26-/m0/s1. The van der Waals surface area contributed by atoms with E-state index in [-0.39, 0.29) is 24.5 Å². The van der Waals surface area contributed by atoms with Crippen molar-refractivity contribution >= 4 is 23.2 Å². The van der Waals surface area contributed by atoms with E-state index < -0.39 is 0 Å². The van der Waals surface area contributed by atoms with Gasteiger partial charge in [-0.25, -0.2) is 4.98 Å². The van der Waals surface area contributed by atoms with Gasteiger partial charge in [0, 0.05) is 25.5 Å². The van der Waals surface area contributed by atoms with Gasteiger partial charge >= 0.3 is 0 Å². The Hall–Kier alpha value is -3.91. The van der Waals surface area contributed by atoms with Gasteiger partial charge in [0.05, 0.1) is 12.3 Å². The number of nitrogens with zero attached hydrogens (tertiary/aromatic N) is 3. The fourth-order valence-electron chi connectivity index (χ4n) is 4.40. The molecule has 0 saturated heterocycles. The zero-order chi connectivity index (χ0) is 25.1. The monoisotopic (exact) mass is 501 g/mol. The maximum Gasteiger partial charge on any atom is 0.290 e. The van der Waals surface area contributed by atoms with Crippen LogP contribution in [0.1, 0.15) is 55.7 Å². The summed E-state index contributed by atoms with van der Waals surface area (Å²) in [7, 11) is 1.76. The molecule has 0 spiro atoms. The van der Waals surface area contributed by atoms with Crippen LogP contribution >= 0.6 is 11.3 Å². The van der Waals surface area contributed by atoms with E-state index in [1.165, 1.54) is 23.2 Å². The first-order valence-corrected chi connectivity index (χ1v) is 12.8. The second kappa shape index (κ2) is 10.4. The van der Waals surface area contributed by atoms with E-state index in [1.807, 2.05) is 54.3 Å². The van der Waals surface area contributed by atoms with Crippen LogP contribution < -0.4 is 4.74 Å². The molecule has 2 aromatic heterocycles. The fraction of sp³-hybridized carbons (Fsp3) is 0.250. The predicted molar refractivity (Wildman–Crippen MR) is 137 cm³/mol. The molecule has 0 unspecified atom stereocenters. The third kappa shape index (κ3) is 4.77. The Morgan fingerprint density at radius 1 is 1.17 bits per heavy atom. The fourth-order valence-corrected chi connectivity index (χ4v) is 5.08. The van der Waals surface area contributed by atoms with Crippen LogP contribution in [0.3, 0.4) is 0 Å². The number of hydrogen-bond acceptors (Lipinski definition) is 6. The SMILES string of the molecule is CCN(C)C(=O)c1csc(COc2ccc3c(c2)[C@H](c2ccccc2)N(C(=O)c2ccco2)CC3)n1. The van der Waals surface area contributed by atoms with E-state index in [1.54, 1.807) is 29.5 Å². The average Bonchev–Trinajstić information content (AvgIpc) is 3.63. The summed E-state index contributed by atoms with van der Waals surface area (Å²) in [6.07, 6.45) is 2.26. The highest BCUT2D eigenvalue weighted by atomic mass is 32.1. The van der Waals surface area contributed by atoms with Crippen LogP contribution in [0, 0.1) is 0 Å². The highest BCUT2D eigenvalue weighted by molar-refractivity contribution is 7.09. The summed E-state index contributed by atoms with van der Waals surface area (Å²) in [5, 5.41) is 2.50. The van der Waals surface area contributed by atoms with Gasteiger partial charge in [0.25, 0.3) is 11.8 Å². The molecule has 0 bridgehead atoms. The maximum absolute atomic E-state index is 13.3. The molecule has 0 saturated carbocycles. The van der Waals surface area contributed by atoms with Gasteiger partial charge < -0.3 is 19.0 Å². The number of hydrogen-bond donors (Lipinski definition) is 0. The largest absolute Gasteiger partial charge is 0.486 e. The first kappa shape index (κ1) is 23.8. The van der Waals surface area contributed by atoms with Gasteiger partial charge in [-0.15, -0.1) is 11.3 Å². The first-order chi connectivity index (χ1) is 17.5. The smallest absolute Gasteiger partial charge is 0.290 e. The molecule has 184 valence electrons. The number of benzene rings is 2. The van der Waals surface area contributed by atoms with Gasteiger partial charge in [-0.05, 0) is 54.3 Å². The third-order valence-electron chi connectivity index (χ3n) is 6.41. The van der Waals surface area contributed by atoms with Crippen molar-refractivity contribution in [2.24, 2.45) is 0 Å². The molecule has 0 N–H and O–H groups in total. The lowest BCUT2D eigenvalue weighted by Gasteiger charge is -2.37. The molecule has 1 aliphatic heterocycles. The molecule has 0 fully saturated rings. The molecule has 3 heterocycles. The quantitative estimate of drug-likeness (QED) is 0.348. The lowest BCUT2D eigenvalue weighted by Crippen LogP contribution is -2.40. The molecular formula is C28H27N3O4S. The summed E-state index contributed by atoms with van der Waals surface area (Å²) in [5.74, 6) is 0.786. The van der Waals surface area contributed by atoms with Crippen molar-refractivity contribution in [3.63, 3.8) is 0 Å². The second-order valence-corrected chi connectivity index (χ2v) is 9.58. The summed E-state index contributed by atoms with van der Waals surface area (Å²) in [4.78, 5) is 33.6. The van der Waals surface area contributed by atoms with Crippen LogP contribution in [-0.4, -0.2) is 46.7 Å². The van der Waals surface area contributed by atoms with Crippen LogP contribution in [0.4, 0.5) is 0 Å². The summed E-state index contributed by atoms with van der Waals surface area (Å²) in [5.41, 5.74) is 3.68. The molecule has 0 radical (unpaired) electrons. The first-order valence-electron chi connectivity index (χ1n) is 11.9. The molecule has 0 aliphatic carbocycles. The molecule has 2 amide bonds. The molecule has 1 atom stereocenters. The average molecular weight is 502 g/mol. The zero-order valence-corrected chi connectivity index (χ0v) is 21.0. The number of thiazole rings is 1. The Morgan fingerprint density at radius 3 is 2.75 bits per heavy atom. The molecule has 4 aromatic rings. The minimum atomic E-state index is -0.259. The van der Waals surface area contributed by atoms with E-state index in [2.05, 4.69) is 11.1 Å². The lowest BCUT2D eigenvalue weighted by molar-refractivity contribution is 0.0661. The molecule has 2 aromatic carbocycles.